The summed E-state index contributed by atoms with van der Waals surface area (Å²) in [5, 5.41) is 2.88. The number of thioether (sulfide) groups is 1. The molecule has 1 amide bonds. The Bertz CT molecular complexity index is 456. The fourth-order valence-corrected chi connectivity index (χ4v) is 3.20. The number of carbonyl (C=O) groups is 2. The summed E-state index contributed by atoms with van der Waals surface area (Å²) in [6.45, 7) is 2.01. The second-order valence-electron chi connectivity index (χ2n) is 4.93. The Morgan fingerprint density at radius 1 is 1.32 bits per heavy atom. The first kappa shape index (κ1) is 14.1. The monoisotopic (exact) mass is 277 g/mol. The van der Waals surface area contributed by atoms with Gasteiger partial charge in [0.1, 0.15) is 5.78 Å². The molecule has 1 saturated carbocycles. The van der Waals surface area contributed by atoms with Crippen LogP contribution in [0.3, 0.4) is 0 Å². The minimum atomic E-state index is -0.0350. The summed E-state index contributed by atoms with van der Waals surface area (Å²) >= 11 is 1.47. The van der Waals surface area contributed by atoms with E-state index in [1.165, 1.54) is 17.3 Å². The molecular weight excluding hydrogens is 258 g/mol. The quantitative estimate of drug-likeness (QED) is 0.919. The fourth-order valence-electron chi connectivity index (χ4n) is 2.14. The molecule has 0 spiro atoms. The highest BCUT2D eigenvalue weighted by atomic mass is 32.2. The van der Waals surface area contributed by atoms with Crippen molar-refractivity contribution < 1.29 is 9.59 Å². The number of carbonyl (C=O) groups excluding carboxylic acids is 2. The van der Waals surface area contributed by atoms with Crippen molar-refractivity contribution in [2.45, 2.75) is 37.9 Å². The van der Waals surface area contributed by atoms with E-state index >= 15 is 0 Å². The van der Waals surface area contributed by atoms with Crippen LogP contribution in [0.5, 0.6) is 0 Å². The van der Waals surface area contributed by atoms with Crippen molar-refractivity contribution in [1.29, 1.82) is 0 Å². The zero-order valence-corrected chi connectivity index (χ0v) is 12.0. The number of nitrogens with one attached hydrogen (secondary N) is 1. The summed E-state index contributed by atoms with van der Waals surface area (Å²) in [4.78, 5) is 23.5. The molecule has 1 unspecified atom stereocenters. The number of anilines is 1. The predicted octanol–water partition coefficient (Wildman–Crippen LogP) is 3.18. The lowest BCUT2D eigenvalue weighted by atomic mass is 9.99. The van der Waals surface area contributed by atoms with Crippen LogP contribution < -0.4 is 5.32 Å². The molecule has 0 heterocycles. The molecule has 0 bridgehead atoms. The molecule has 1 aliphatic carbocycles. The minimum Gasteiger partial charge on any atom is -0.325 e. The highest BCUT2D eigenvalue weighted by Gasteiger charge is 2.23. The number of benzene rings is 1. The maximum atomic E-state index is 11.8. The number of hydrogen-bond donors (Lipinski definition) is 1. The topological polar surface area (TPSA) is 46.2 Å². The molecule has 1 aromatic carbocycles. The third-order valence-corrected chi connectivity index (χ3v) is 4.58. The van der Waals surface area contributed by atoms with Gasteiger partial charge in [0.2, 0.25) is 5.91 Å². The molecule has 1 fully saturated rings. The minimum absolute atomic E-state index is 0.0255. The van der Waals surface area contributed by atoms with Crippen molar-refractivity contribution in [3.63, 3.8) is 0 Å². The molecular formula is C15H19NO2S. The zero-order valence-electron chi connectivity index (χ0n) is 11.1. The van der Waals surface area contributed by atoms with Gasteiger partial charge in [0, 0.05) is 12.1 Å². The van der Waals surface area contributed by atoms with E-state index in [4.69, 9.17) is 0 Å². The van der Waals surface area contributed by atoms with Crippen LogP contribution >= 0.6 is 11.8 Å². The smallest absolute Gasteiger partial charge is 0.234 e. The number of ketones is 1. The molecule has 0 aromatic heterocycles. The van der Waals surface area contributed by atoms with Crippen LogP contribution in [0.25, 0.3) is 0 Å². The second kappa shape index (κ2) is 6.75. The standard InChI is InChI=1S/C15H19NO2S/c1-11-6-8-12(9-7-11)16-15(18)10-19-14-5-3-2-4-13(14)17/h6-9,14H,2-5,10H2,1H3,(H,16,18). The van der Waals surface area contributed by atoms with Gasteiger partial charge in [-0.15, -0.1) is 11.8 Å². The summed E-state index contributed by atoms with van der Waals surface area (Å²) in [5.74, 6) is 0.621. The van der Waals surface area contributed by atoms with Crippen LogP contribution in [0.4, 0.5) is 5.69 Å². The van der Waals surface area contributed by atoms with Gasteiger partial charge in [-0.3, -0.25) is 9.59 Å². The van der Waals surface area contributed by atoms with Gasteiger partial charge in [-0.25, -0.2) is 0 Å². The Labute approximate surface area is 118 Å². The molecule has 3 nitrogen and oxygen atoms in total. The Hall–Kier alpha value is -1.29. The van der Waals surface area contributed by atoms with Crippen LogP contribution in [-0.4, -0.2) is 22.7 Å². The lowest BCUT2D eigenvalue weighted by molar-refractivity contribution is -0.119. The first-order chi connectivity index (χ1) is 9.15. The average Bonchev–Trinajstić information content (AvgIpc) is 2.40. The van der Waals surface area contributed by atoms with Crippen molar-refractivity contribution in [3.8, 4) is 0 Å². The first-order valence-corrected chi connectivity index (χ1v) is 7.71. The molecule has 1 N–H and O–H groups in total. The van der Waals surface area contributed by atoms with Gasteiger partial charge in [0.05, 0.1) is 11.0 Å². The van der Waals surface area contributed by atoms with E-state index in [2.05, 4.69) is 5.32 Å². The zero-order chi connectivity index (χ0) is 13.7. The average molecular weight is 277 g/mol. The Morgan fingerprint density at radius 3 is 2.74 bits per heavy atom. The second-order valence-corrected chi connectivity index (χ2v) is 6.12. The van der Waals surface area contributed by atoms with Gasteiger partial charge in [-0.1, -0.05) is 24.1 Å². The third-order valence-electron chi connectivity index (χ3n) is 3.25. The van der Waals surface area contributed by atoms with E-state index in [1.54, 1.807) is 0 Å². The van der Waals surface area contributed by atoms with Gasteiger partial charge >= 0.3 is 0 Å². The van der Waals surface area contributed by atoms with E-state index in [-0.39, 0.29) is 11.2 Å². The number of hydrogen-bond acceptors (Lipinski definition) is 3. The largest absolute Gasteiger partial charge is 0.325 e. The Balaban J connectivity index is 1.78. The van der Waals surface area contributed by atoms with Crippen molar-refractivity contribution in [1.82, 2.24) is 0 Å². The molecule has 0 radical (unpaired) electrons. The lowest BCUT2D eigenvalue weighted by Gasteiger charge is -2.19. The highest BCUT2D eigenvalue weighted by molar-refractivity contribution is 8.01. The van der Waals surface area contributed by atoms with Crippen LogP contribution in [-0.2, 0) is 9.59 Å². The van der Waals surface area contributed by atoms with Crippen molar-refractivity contribution in [3.05, 3.63) is 29.8 Å². The number of rotatable bonds is 4. The third kappa shape index (κ3) is 4.39. The molecule has 0 saturated heterocycles. The van der Waals surface area contributed by atoms with Gasteiger partial charge in [0.25, 0.3) is 0 Å². The van der Waals surface area contributed by atoms with Crippen LogP contribution in [0.15, 0.2) is 24.3 Å². The van der Waals surface area contributed by atoms with Crippen LogP contribution in [0.2, 0.25) is 0 Å². The van der Waals surface area contributed by atoms with Gasteiger partial charge < -0.3 is 5.32 Å². The summed E-state index contributed by atoms with van der Waals surface area (Å²) in [6, 6.07) is 7.72. The highest BCUT2D eigenvalue weighted by Crippen LogP contribution is 2.25. The summed E-state index contributed by atoms with van der Waals surface area (Å²) in [5.41, 5.74) is 1.98. The van der Waals surface area contributed by atoms with Crippen LogP contribution in [0, 0.1) is 6.92 Å². The van der Waals surface area contributed by atoms with E-state index in [0.717, 1.165) is 24.9 Å². The Kier molecular flexibility index (Phi) is 5.02. The fraction of sp³-hybridized carbons (Fsp3) is 0.467. The van der Waals surface area contributed by atoms with Gasteiger partial charge in [-0.2, -0.15) is 0 Å². The Morgan fingerprint density at radius 2 is 2.05 bits per heavy atom. The molecule has 1 atom stereocenters. The predicted molar refractivity (Wildman–Crippen MR) is 79.5 cm³/mol. The molecule has 19 heavy (non-hydrogen) atoms. The van der Waals surface area contributed by atoms with E-state index in [1.807, 2.05) is 31.2 Å². The maximum Gasteiger partial charge on any atom is 0.234 e. The number of aryl methyl sites for hydroxylation is 1. The van der Waals surface area contributed by atoms with E-state index in [0.29, 0.717) is 18.0 Å². The van der Waals surface area contributed by atoms with Crippen molar-refractivity contribution in [2.75, 3.05) is 11.1 Å². The molecule has 2 rings (SSSR count). The molecule has 4 heteroatoms. The number of Topliss-reactive ketones (excluding diaryl/α,β-unsaturated/α-hetero) is 1. The van der Waals surface area contributed by atoms with Crippen LogP contribution in [0.1, 0.15) is 31.2 Å². The van der Waals surface area contributed by atoms with E-state index in [9.17, 15) is 9.59 Å². The lowest BCUT2D eigenvalue weighted by Crippen LogP contribution is -2.24. The molecule has 1 aromatic rings. The summed E-state index contributed by atoms with van der Waals surface area (Å²) in [7, 11) is 0. The number of amides is 1. The summed E-state index contributed by atoms with van der Waals surface area (Å²) in [6.07, 6.45) is 3.70. The molecule has 0 aliphatic heterocycles. The van der Waals surface area contributed by atoms with Gasteiger partial charge in [0.15, 0.2) is 0 Å². The van der Waals surface area contributed by atoms with Crippen molar-refractivity contribution in [2.24, 2.45) is 0 Å². The normalized spacial score (nSPS) is 19.2. The SMILES string of the molecule is Cc1ccc(NC(=O)CSC2CCCCC2=O)cc1. The molecule has 102 valence electrons. The first-order valence-electron chi connectivity index (χ1n) is 6.66. The maximum absolute atomic E-state index is 11.8. The van der Waals surface area contributed by atoms with E-state index < -0.39 is 0 Å². The summed E-state index contributed by atoms with van der Waals surface area (Å²) < 4.78 is 0. The molecule has 1 aliphatic rings. The van der Waals surface area contributed by atoms with Crippen molar-refractivity contribution >= 4 is 29.1 Å². The van der Waals surface area contributed by atoms with Gasteiger partial charge in [-0.05, 0) is 31.9 Å².